The zero-order valence-corrected chi connectivity index (χ0v) is 81.4. The molecule has 6 aliphatic carbocycles. The van der Waals surface area contributed by atoms with Crippen molar-refractivity contribution in [3.63, 3.8) is 0 Å². The molecule has 0 bridgehead atoms. The Morgan fingerprint density at radius 3 is 1.01 bits per heavy atom. The second-order valence-corrected chi connectivity index (χ2v) is 43.6. The van der Waals surface area contributed by atoms with Crippen molar-refractivity contribution in [3.8, 4) is 141 Å². The van der Waals surface area contributed by atoms with Gasteiger partial charge < -0.3 is 8.98 Å². The summed E-state index contributed by atoms with van der Waals surface area (Å²) in [5.41, 5.74) is 43.8. The zero-order chi connectivity index (χ0) is 94.3. The van der Waals surface area contributed by atoms with Crippen LogP contribution in [0, 0.1) is 0 Å². The summed E-state index contributed by atoms with van der Waals surface area (Å²) in [4.78, 5) is 30.4. The molecule has 0 unspecified atom stereocenters. The van der Waals surface area contributed by atoms with Gasteiger partial charge in [0.1, 0.15) is 11.2 Å². The van der Waals surface area contributed by atoms with Gasteiger partial charge in [-0.15, -0.1) is 0 Å². The molecule has 4 aromatic heterocycles. The quantitative estimate of drug-likeness (QED) is 0.157. The number of fused-ring (bicyclic) bond motifs is 26. The minimum Gasteiger partial charge on any atom is -0.456 e. The van der Waals surface area contributed by atoms with E-state index in [2.05, 4.69) is 390 Å². The highest BCUT2D eigenvalue weighted by Crippen LogP contribution is 2.65. The first kappa shape index (κ1) is 85.1. The Kier molecular flexibility index (Phi) is 18.7. The fourth-order valence-electron chi connectivity index (χ4n) is 24.6. The van der Waals surface area contributed by atoms with Gasteiger partial charge in [-0.05, 0) is 227 Å². The van der Waals surface area contributed by atoms with Gasteiger partial charge in [-0.25, -0.2) is 29.9 Å². The molecule has 0 radical (unpaired) electrons. The number of furan rings is 1. The maximum atomic E-state index is 6.26. The van der Waals surface area contributed by atoms with Gasteiger partial charge in [-0.2, -0.15) is 0 Å². The molecule has 668 valence electrons. The first-order valence-corrected chi connectivity index (χ1v) is 48.6. The average molecular weight is 1780 g/mol. The molecule has 4 heterocycles. The van der Waals surface area contributed by atoms with Crippen LogP contribution in [-0.4, -0.2) is 34.5 Å². The molecule has 0 N–H and O–H groups in total. The fourth-order valence-corrected chi connectivity index (χ4v) is 24.6. The molecule has 0 saturated heterocycles. The van der Waals surface area contributed by atoms with Crippen LogP contribution in [0.5, 0.6) is 0 Å². The van der Waals surface area contributed by atoms with E-state index in [-0.39, 0.29) is 48.7 Å². The topological polar surface area (TPSA) is 95.4 Å². The van der Waals surface area contributed by atoms with Crippen LogP contribution in [0.25, 0.3) is 185 Å². The van der Waals surface area contributed by atoms with Crippen molar-refractivity contribution in [1.82, 2.24) is 34.5 Å². The first-order valence-electron chi connectivity index (χ1n) is 48.6. The number of para-hydroxylation sites is 3. The molecular formula is C129H111N7O. The molecule has 0 atom stereocenters. The van der Waals surface area contributed by atoms with E-state index in [9.17, 15) is 0 Å². The van der Waals surface area contributed by atoms with Gasteiger partial charge in [0, 0.05) is 76.9 Å². The summed E-state index contributed by atoms with van der Waals surface area (Å²) in [6.07, 6.45) is 0. The molecule has 20 aromatic rings. The van der Waals surface area contributed by atoms with Crippen LogP contribution in [0.4, 0.5) is 0 Å². The summed E-state index contributed by atoms with van der Waals surface area (Å²) in [7, 11) is 0. The van der Waals surface area contributed by atoms with Gasteiger partial charge in [0.15, 0.2) is 34.9 Å². The average Bonchev–Trinajstić information content (AvgIpc) is 1.60. The van der Waals surface area contributed by atoms with E-state index in [1.165, 1.54) is 161 Å². The summed E-state index contributed by atoms with van der Waals surface area (Å²) >= 11 is 0. The number of benzene rings is 16. The minimum atomic E-state index is -0.254. The third-order valence-electron chi connectivity index (χ3n) is 34.1. The third kappa shape index (κ3) is 12.3. The van der Waals surface area contributed by atoms with Crippen LogP contribution in [0.3, 0.4) is 0 Å². The number of nitrogens with zero attached hydrogens (tertiary/aromatic N) is 7. The van der Waals surface area contributed by atoms with Crippen LogP contribution >= 0.6 is 0 Å². The van der Waals surface area contributed by atoms with Crippen LogP contribution in [-0.2, 0) is 48.7 Å². The lowest BCUT2D eigenvalue weighted by Crippen LogP contribution is -2.44. The molecule has 0 saturated carbocycles. The predicted molar refractivity (Wildman–Crippen MR) is 567 cm³/mol. The molecule has 6 aliphatic rings. The minimum absolute atomic E-state index is 0.00273. The van der Waals surface area contributed by atoms with E-state index < -0.39 is 0 Å². The highest BCUT2D eigenvalue weighted by Gasteiger charge is 2.53. The Labute approximate surface area is 803 Å². The Morgan fingerprint density at radius 1 is 0.197 bits per heavy atom. The van der Waals surface area contributed by atoms with Gasteiger partial charge in [-0.1, -0.05) is 410 Å². The zero-order valence-electron chi connectivity index (χ0n) is 81.4. The van der Waals surface area contributed by atoms with Crippen LogP contribution in [0.1, 0.15) is 191 Å². The van der Waals surface area contributed by atoms with Gasteiger partial charge in [-0.3, -0.25) is 0 Å². The third-order valence-corrected chi connectivity index (χ3v) is 34.1. The summed E-state index contributed by atoms with van der Waals surface area (Å²) in [6, 6.07) is 125. The van der Waals surface area contributed by atoms with Crippen molar-refractivity contribution >= 4 is 43.7 Å². The SMILES string of the molecule is CC1(C)c2cc(-c3nc(-c4ccccc4)nc(-c4cccc5oc6ccccc6c45)n3)ccc2-c2ccc3c(c21)-c1ccccc1C(C)(C)C3(C)C.CC1(C)c2cc(-c3nc(-c4ccccc4)nc(-c4ccccc4)n3)ccc2-c2cc3c(cc21)-c1ccccc1C(C)(C)C3(C)C.CC1(C)c2cc(-n3c4ccccc4c4ccccc43)ccc2-c2ccc3c(c21)-c1ccccc1C(C)(C)C3(C)C. The van der Waals surface area contributed by atoms with E-state index in [4.69, 9.17) is 34.3 Å². The summed E-state index contributed by atoms with van der Waals surface area (Å²) < 4.78 is 8.71. The largest absolute Gasteiger partial charge is 0.456 e. The van der Waals surface area contributed by atoms with Gasteiger partial charge in [0.05, 0.1) is 11.0 Å². The summed E-state index contributed by atoms with van der Waals surface area (Å²) in [5.74, 6) is 3.97. The van der Waals surface area contributed by atoms with Gasteiger partial charge >= 0.3 is 0 Å². The van der Waals surface area contributed by atoms with Crippen LogP contribution < -0.4 is 0 Å². The molecule has 0 spiro atoms. The molecule has 8 nitrogen and oxygen atoms in total. The van der Waals surface area contributed by atoms with Crippen molar-refractivity contribution in [3.05, 3.63) is 413 Å². The molecule has 16 aromatic carbocycles. The van der Waals surface area contributed by atoms with Crippen molar-refractivity contribution in [1.29, 1.82) is 0 Å². The van der Waals surface area contributed by atoms with E-state index in [1.807, 2.05) is 84.9 Å². The second-order valence-electron chi connectivity index (χ2n) is 43.6. The second kappa shape index (κ2) is 30.1. The van der Waals surface area contributed by atoms with E-state index in [0.29, 0.717) is 34.9 Å². The lowest BCUT2D eigenvalue weighted by Gasteiger charge is -2.49. The molecule has 0 aliphatic heterocycles. The van der Waals surface area contributed by atoms with Crippen LogP contribution in [0.15, 0.2) is 350 Å². The molecule has 137 heavy (non-hydrogen) atoms. The van der Waals surface area contributed by atoms with Crippen molar-refractivity contribution in [2.45, 2.75) is 173 Å². The number of hydrogen-bond acceptors (Lipinski definition) is 7. The normalized spacial score (nSPS) is 16.5. The maximum absolute atomic E-state index is 6.26. The standard InChI is InChI=1S/C48H39N3O.C42H37N3.C39H35N/c1-46(2)37-27-29(23-24-30(37)31-25-26-36-41(42(31)46)32-17-10-12-20-35(32)47(3,4)48(36,5)6)44-49-43(28-15-8-7-9-16-28)50-45(51-44)34-19-14-22-39-40(34)33-18-11-13-21-38(33)52-39;1-40(2)34-23-28(39-44-37(26-15-9-7-10-16-26)43-38(45-39)27-17-11-8-12-18-27)21-22-30(34)31-25-36-32(24-35(31)40)29-19-13-14-20-33(29)41(3,4)42(36,5)6;1-37(2)32-23-24(40-33-17-11-8-13-26(33)27-14-9-12-18-34(27)40)19-20-25(32)28-21-22-31-35(36(28)37)29-15-7-10-16-30(29)38(3,4)39(31,5)6/h7-27H,1-6H3;7-25H,1-6H3;7-23H,1-6H3. The Hall–Kier alpha value is -14.9. The van der Waals surface area contributed by atoms with Crippen LogP contribution in [0.2, 0.25) is 0 Å². The predicted octanol–water partition coefficient (Wildman–Crippen LogP) is 33.1. The van der Waals surface area contributed by atoms with Gasteiger partial charge in [0.25, 0.3) is 0 Å². The van der Waals surface area contributed by atoms with Crippen molar-refractivity contribution < 1.29 is 4.42 Å². The van der Waals surface area contributed by atoms with E-state index >= 15 is 0 Å². The number of rotatable bonds is 7. The lowest BCUT2D eigenvalue weighted by molar-refractivity contribution is 0.298. The number of hydrogen-bond donors (Lipinski definition) is 0. The molecule has 26 rings (SSSR count). The smallest absolute Gasteiger partial charge is 0.164 e. The highest BCUT2D eigenvalue weighted by atomic mass is 16.3. The molecule has 0 fully saturated rings. The molecule has 0 amide bonds. The maximum Gasteiger partial charge on any atom is 0.164 e. The summed E-state index contributed by atoms with van der Waals surface area (Å²) in [5, 5.41) is 4.66. The Bertz CT molecular complexity index is 8370. The Morgan fingerprint density at radius 2 is 0.518 bits per heavy atom. The molecular weight excluding hydrogens is 1660 g/mol. The lowest BCUT2D eigenvalue weighted by atomic mass is 9.54. The van der Waals surface area contributed by atoms with Crippen molar-refractivity contribution in [2.24, 2.45) is 0 Å². The van der Waals surface area contributed by atoms with E-state index in [1.54, 1.807) is 0 Å². The van der Waals surface area contributed by atoms with Crippen molar-refractivity contribution in [2.75, 3.05) is 0 Å². The highest BCUT2D eigenvalue weighted by molar-refractivity contribution is 6.12. The number of aromatic nitrogens is 7. The fraction of sp³-hybridized carbons (Fsp3) is 0.209. The summed E-state index contributed by atoms with van der Waals surface area (Å²) in [6.45, 7) is 43.3. The monoisotopic (exact) mass is 1770 g/mol. The Balaban J connectivity index is 0.000000113. The van der Waals surface area contributed by atoms with E-state index in [0.717, 1.165) is 55.3 Å². The first-order chi connectivity index (χ1) is 65.8. The van der Waals surface area contributed by atoms with Gasteiger partial charge in [0.2, 0.25) is 0 Å². The molecule has 8 heteroatoms.